The van der Waals surface area contributed by atoms with E-state index in [1.54, 1.807) is 27.9 Å². The van der Waals surface area contributed by atoms with Crippen LogP contribution in [-0.2, 0) is 53.6 Å². The zero-order valence-corrected chi connectivity index (χ0v) is 19.1. The molecule has 27 heavy (non-hydrogen) atoms. The Morgan fingerprint density at radius 1 is 1.41 bits per heavy atom. The fourth-order valence-corrected chi connectivity index (χ4v) is 2.80. The first-order chi connectivity index (χ1) is 12.5. The SMILES string of the molecule is CSSCCOC(=O)NCCN(C[C-]=O)C(=O)Cn1ccc(=O)[nH]c1=O.[Y]. The Balaban J connectivity index is 0.00000676. The molecule has 0 saturated carbocycles. The summed E-state index contributed by atoms with van der Waals surface area (Å²) < 4.78 is 5.93. The van der Waals surface area contributed by atoms with E-state index in [9.17, 15) is 24.0 Å². The van der Waals surface area contributed by atoms with Crippen molar-refractivity contribution in [3.63, 3.8) is 0 Å². The van der Waals surface area contributed by atoms with Crippen molar-refractivity contribution in [3.05, 3.63) is 33.1 Å². The Morgan fingerprint density at radius 2 is 2.15 bits per heavy atom. The van der Waals surface area contributed by atoms with Crippen LogP contribution in [0.2, 0.25) is 0 Å². The van der Waals surface area contributed by atoms with Crippen molar-refractivity contribution in [2.75, 3.05) is 38.2 Å². The summed E-state index contributed by atoms with van der Waals surface area (Å²) in [5.41, 5.74) is -1.30. The molecule has 0 saturated heterocycles. The third-order valence-corrected chi connectivity index (χ3v) is 4.76. The van der Waals surface area contributed by atoms with Gasteiger partial charge >= 0.3 is 11.8 Å². The Morgan fingerprint density at radius 3 is 2.78 bits per heavy atom. The van der Waals surface area contributed by atoms with Gasteiger partial charge in [-0.2, -0.15) is 0 Å². The number of carbonyl (C=O) groups excluding carboxylic acids is 3. The van der Waals surface area contributed by atoms with Crippen LogP contribution in [0.4, 0.5) is 4.79 Å². The fraction of sp³-hybridized carbons (Fsp3) is 0.500. The summed E-state index contributed by atoms with van der Waals surface area (Å²) in [5, 5.41) is 2.47. The Hall–Kier alpha value is -1.11. The van der Waals surface area contributed by atoms with Gasteiger partial charge in [0.25, 0.3) is 5.56 Å². The molecule has 0 spiro atoms. The first-order valence-electron chi connectivity index (χ1n) is 7.46. The molecule has 0 aliphatic carbocycles. The first-order valence-corrected chi connectivity index (χ1v) is 10.2. The second-order valence-corrected chi connectivity index (χ2v) is 7.43. The quantitative estimate of drug-likeness (QED) is 0.234. The zero-order valence-electron chi connectivity index (χ0n) is 14.6. The summed E-state index contributed by atoms with van der Waals surface area (Å²) >= 11 is 0. The predicted molar refractivity (Wildman–Crippen MR) is 98.9 cm³/mol. The number of carbonyl (C=O) groups is 2. The van der Waals surface area contributed by atoms with E-state index in [1.807, 2.05) is 11.2 Å². The van der Waals surface area contributed by atoms with E-state index in [0.717, 1.165) is 15.5 Å². The van der Waals surface area contributed by atoms with Crippen molar-refractivity contribution in [2.24, 2.45) is 0 Å². The van der Waals surface area contributed by atoms with E-state index in [1.165, 1.54) is 6.20 Å². The number of hydrogen-bond acceptors (Lipinski definition) is 8. The van der Waals surface area contributed by atoms with Crippen LogP contribution in [0.25, 0.3) is 0 Å². The van der Waals surface area contributed by atoms with Crippen molar-refractivity contribution >= 4 is 39.9 Å². The molecule has 0 aliphatic rings. The third-order valence-electron chi connectivity index (χ3n) is 2.98. The molecule has 1 heterocycles. The van der Waals surface area contributed by atoms with Crippen LogP contribution < -0.4 is 16.6 Å². The molecule has 0 aliphatic heterocycles. The fourth-order valence-electron chi connectivity index (χ4n) is 1.78. The average Bonchev–Trinajstić information content (AvgIpc) is 2.60. The van der Waals surface area contributed by atoms with E-state index in [0.29, 0.717) is 5.75 Å². The van der Waals surface area contributed by atoms with Gasteiger partial charge in [0.1, 0.15) is 13.2 Å². The van der Waals surface area contributed by atoms with Gasteiger partial charge in [0.2, 0.25) is 5.91 Å². The molecule has 1 aromatic rings. The Labute approximate surface area is 188 Å². The number of aromatic nitrogens is 2. The smallest absolute Gasteiger partial charge is 0.407 e. The van der Waals surface area contributed by atoms with E-state index in [-0.39, 0.29) is 65.5 Å². The zero-order chi connectivity index (χ0) is 19.4. The molecule has 2 amide bonds. The van der Waals surface area contributed by atoms with Crippen molar-refractivity contribution < 1.29 is 51.8 Å². The predicted octanol–water partition coefficient (Wildman–Crippen LogP) is -0.790. The molecule has 10 nitrogen and oxygen atoms in total. The normalized spacial score (nSPS) is 9.81. The Bertz CT molecular complexity index is 726. The van der Waals surface area contributed by atoms with Gasteiger partial charge in [0.15, 0.2) is 0 Å². The maximum Gasteiger partial charge on any atom is 0.407 e. The van der Waals surface area contributed by atoms with E-state index in [4.69, 9.17) is 4.74 Å². The molecule has 0 unspecified atom stereocenters. The van der Waals surface area contributed by atoms with Crippen molar-refractivity contribution in [1.29, 1.82) is 0 Å². The maximum atomic E-state index is 12.2. The van der Waals surface area contributed by atoms with Gasteiger partial charge in [-0.1, -0.05) is 28.1 Å². The summed E-state index contributed by atoms with van der Waals surface area (Å²) in [6.07, 6.45) is 4.09. The number of ether oxygens (including phenoxy) is 1. The minimum atomic E-state index is -0.731. The maximum absolute atomic E-state index is 12.2. The topological polar surface area (TPSA) is 131 Å². The number of H-pyrrole nitrogens is 1. The number of rotatable bonds is 11. The molecule has 1 rings (SSSR count). The summed E-state index contributed by atoms with van der Waals surface area (Å²) in [6.45, 7) is -0.286. The molecule has 0 bridgehead atoms. The average molecular weight is 492 g/mol. The monoisotopic (exact) mass is 492 g/mol. The van der Waals surface area contributed by atoms with Gasteiger partial charge in [-0.25, -0.2) is 15.9 Å². The number of hydrogen-bond donors (Lipinski definition) is 2. The molecular weight excluding hydrogens is 473 g/mol. The second-order valence-electron chi connectivity index (χ2n) is 4.75. The molecule has 2 N–H and O–H groups in total. The molecule has 13 heteroatoms. The second kappa shape index (κ2) is 14.9. The van der Waals surface area contributed by atoms with Crippen molar-refractivity contribution in [1.82, 2.24) is 19.8 Å². The largest absolute Gasteiger partial charge is 0.540 e. The van der Waals surface area contributed by atoms with E-state index in [2.05, 4.69) is 5.32 Å². The molecular formula is C14H19N4O6S2Y-. The van der Waals surface area contributed by atoms with Crippen LogP contribution in [0.3, 0.4) is 0 Å². The number of nitrogens with zero attached hydrogens (tertiary/aromatic N) is 2. The van der Waals surface area contributed by atoms with Crippen molar-refractivity contribution in [2.45, 2.75) is 6.54 Å². The van der Waals surface area contributed by atoms with Crippen LogP contribution in [0.15, 0.2) is 21.9 Å². The molecule has 0 aromatic carbocycles. The molecule has 0 atom stereocenters. The summed E-state index contributed by atoms with van der Waals surface area (Å²) in [7, 11) is 3.12. The number of alkyl carbamates (subject to hydrolysis) is 1. The molecule has 1 aromatic heterocycles. The van der Waals surface area contributed by atoms with Crippen LogP contribution >= 0.6 is 21.6 Å². The third kappa shape index (κ3) is 10.7. The molecule has 1 radical (unpaired) electrons. The van der Waals surface area contributed by atoms with Gasteiger partial charge < -0.3 is 19.7 Å². The standard InChI is InChI=1S/C14H19N4O6S2.Y/c1-25-26-9-8-24-14(23)15-3-5-17(6-7-19)12(21)10-18-4-2-11(20)16-13(18)22;/h2,4H,3,5-6,8-10H2,1H3,(H,15,23)(H,16,20,22);/q-1;. The minimum Gasteiger partial charge on any atom is -0.540 e. The van der Waals surface area contributed by atoms with Crippen LogP contribution in [0.5, 0.6) is 0 Å². The number of amides is 2. The summed E-state index contributed by atoms with van der Waals surface area (Å²) in [4.78, 5) is 60.1. The van der Waals surface area contributed by atoms with E-state index >= 15 is 0 Å². The van der Waals surface area contributed by atoms with Gasteiger partial charge in [-0.3, -0.25) is 19.1 Å². The first kappa shape index (κ1) is 25.9. The number of aromatic amines is 1. The summed E-state index contributed by atoms with van der Waals surface area (Å²) in [5.74, 6) is 0.127. The van der Waals surface area contributed by atoms with E-state index < -0.39 is 23.2 Å². The van der Waals surface area contributed by atoms with Crippen molar-refractivity contribution in [3.8, 4) is 0 Å². The van der Waals surface area contributed by atoms with Gasteiger partial charge in [-0.15, -0.1) is 0 Å². The van der Waals surface area contributed by atoms with Gasteiger partial charge in [0.05, 0.1) is 0 Å². The number of nitrogens with one attached hydrogen (secondary N) is 2. The van der Waals surface area contributed by atoms with Gasteiger partial charge in [0, 0.05) is 63.8 Å². The van der Waals surface area contributed by atoms with Gasteiger partial charge in [-0.05, 0) is 6.26 Å². The van der Waals surface area contributed by atoms with Crippen LogP contribution in [0, 0.1) is 0 Å². The van der Waals surface area contributed by atoms with Crippen LogP contribution in [0.1, 0.15) is 0 Å². The molecule has 0 fully saturated rings. The molecule has 147 valence electrons. The Kier molecular flexibility index (Phi) is 14.3. The summed E-state index contributed by atoms with van der Waals surface area (Å²) in [6, 6.07) is 1.11. The minimum absolute atomic E-state index is 0. The van der Waals surface area contributed by atoms with Crippen LogP contribution in [-0.4, -0.2) is 71.0 Å².